The Morgan fingerprint density at radius 1 is 1.17 bits per heavy atom. The fourth-order valence-corrected chi connectivity index (χ4v) is 2.16. The van der Waals surface area contributed by atoms with E-state index in [0.29, 0.717) is 18.1 Å². The summed E-state index contributed by atoms with van der Waals surface area (Å²) in [4.78, 5) is 16.2. The summed E-state index contributed by atoms with van der Waals surface area (Å²) in [6, 6.07) is 13.1. The topological polar surface area (TPSA) is 71.8 Å². The molecule has 0 radical (unpaired) electrons. The summed E-state index contributed by atoms with van der Waals surface area (Å²) in [6.45, 7) is 2.50. The minimum Gasteiger partial charge on any atom is -0.334 e. The fraction of sp³-hybridized carbons (Fsp3) is 0.118. The predicted molar refractivity (Wildman–Crippen MR) is 88.4 cm³/mol. The Bertz CT molecular complexity index is 781. The second-order valence-corrected chi connectivity index (χ2v) is 5.09. The van der Waals surface area contributed by atoms with Gasteiger partial charge >= 0.3 is 6.03 Å². The molecule has 0 aliphatic heterocycles. The van der Waals surface area contributed by atoms with Gasteiger partial charge in [0, 0.05) is 18.9 Å². The van der Waals surface area contributed by atoms with E-state index in [0.717, 1.165) is 11.1 Å². The van der Waals surface area contributed by atoms with Crippen molar-refractivity contribution in [2.75, 3.05) is 5.32 Å². The number of aryl methyl sites for hydroxylation is 1. The molecule has 116 valence electrons. The van der Waals surface area contributed by atoms with Crippen molar-refractivity contribution >= 4 is 11.7 Å². The maximum absolute atomic E-state index is 11.9. The molecular weight excluding hydrogens is 290 g/mol. The number of hydrogen-bond acceptors (Lipinski definition) is 3. The molecule has 2 amide bonds. The van der Waals surface area contributed by atoms with Crippen LogP contribution in [-0.2, 0) is 6.54 Å². The molecule has 3 aromatic rings. The summed E-state index contributed by atoms with van der Waals surface area (Å²) >= 11 is 0. The highest BCUT2D eigenvalue weighted by Crippen LogP contribution is 2.09. The molecule has 0 spiro atoms. The second kappa shape index (κ2) is 6.74. The number of urea groups is 1. The van der Waals surface area contributed by atoms with Crippen LogP contribution in [0.25, 0.3) is 5.82 Å². The first-order chi connectivity index (χ1) is 11.2. The van der Waals surface area contributed by atoms with E-state index in [2.05, 4.69) is 20.7 Å². The van der Waals surface area contributed by atoms with Crippen molar-refractivity contribution in [3.63, 3.8) is 0 Å². The van der Waals surface area contributed by atoms with E-state index in [1.165, 1.54) is 0 Å². The lowest BCUT2D eigenvalue weighted by molar-refractivity contribution is 0.251. The Hall–Kier alpha value is -3.15. The van der Waals surface area contributed by atoms with Gasteiger partial charge in [0.15, 0.2) is 5.82 Å². The lowest BCUT2D eigenvalue weighted by Crippen LogP contribution is -2.28. The van der Waals surface area contributed by atoms with Crippen LogP contribution in [0.15, 0.2) is 61.1 Å². The molecule has 23 heavy (non-hydrogen) atoms. The number of nitrogens with one attached hydrogen (secondary N) is 2. The number of anilines is 1. The van der Waals surface area contributed by atoms with E-state index >= 15 is 0 Å². The van der Waals surface area contributed by atoms with E-state index in [4.69, 9.17) is 0 Å². The summed E-state index contributed by atoms with van der Waals surface area (Å²) in [5, 5.41) is 9.70. The summed E-state index contributed by atoms with van der Waals surface area (Å²) in [7, 11) is 0. The Labute approximate surface area is 134 Å². The van der Waals surface area contributed by atoms with Gasteiger partial charge < -0.3 is 10.6 Å². The number of nitrogens with zero attached hydrogens (tertiary/aromatic N) is 3. The molecule has 0 fully saturated rings. The Kier molecular flexibility index (Phi) is 4.33. The van der Waals surface area contributed by atoms with Crippen LogP contribution in [0.5, 0.6) is 0 Å². The third-order valence-corrected chi connectivity index (χ3v) is 3.45. The zero-order chi connectivity index (χ0) is 16.1. The molecule has 6 nitrogen and oxygen atoms in total. The van der Waals surface area contributed by atoms with Gasteiger partial charge in [-0.1, -0.05) is 24.3 Å². The van der Waals surface area contributed by atoms with Gasteiger partial charge in [-0.15, -0.1) is 0 Å². The minimum atomic E-state index is -0.262. The molecule has 6 heteroatoms. The molecular formula is C17H17N5O. The van der Waals surface area contributed by atoms with Gasteiger partial charge in [0.1, 0.15) is 0 Å². The number of carbonyl (C=O) groups excluding carboxylic acids is 1. The van der Waals surface area contributed by atoms with E-state index in [1.54, 1.807) is 29.2 Å². The van der Waals surface area contributed by atoms with E-state index in [9.17, 15) is 4.79 Å². The van der Waals surface area contributed by atoms with Crippen LogP contribution >= 0.6 is 0 Å². The third kappa shape index (κ3) is 3.74. The predicted octanol–water partition coefficient (Wildman–Crippen LogP) is 2.90. The van der Waals surface area contributed by atoms with Gasteiger partial charge in [0.05, 0.1) is 11.9 Å². The van der Waals surface area contributed by atoms with E-state index in [-0.39, 0.29) is 6.03 Å². The first-order valence-electron chi connectivity index (χ1n) is 7.28. The Balaban J connectivity index is 1.57. The van der Waals surface area contributed by atoms with Crippen LogP contribution < -0.4 is 10.6 Å². The number of benzene rings is 1. The molecule has 0 aliphatic rings. The van der Waals surface area contributed by atoms with Crippen molar-refractivity contribution in [2.24, 2.45) is 0 Å². The monoisotopic (exact) mass is 307 g/mol. The number of pyridine rings is 1. The fourth-order valence-electron chi connectivity index (χ4n) is 2.16. The van der Waals surface area contributed by atoms with Crippen LogP contribution in [0.2, 0.25) is 0 Å². The highest BCUT2D eigenvalue weighted by Gasteiger charge is 2.04. The number of carbonyl (C=O) groups is 1. The summed E-state index contributed by atoms with van der Waals surface area (Å²) in [5.74, 6) is 0.695. The SMILES string of the molecule is Cc1ccccc1CNC(=O)Nc1ccc(-n2cccn2)nc1. The van der Waals surface area contributed by atoms with Gasteiger partial charge in [-0.05, 0) is 36.2 Å². The molecule has 1 aromatic carbocycles. The van der Waals surface area contributed by atoms with E-state index < -0.39 is 0 Å². The van der Waals surface area contributed by atoms with Crippen LogP contribution in [-0.4, -0.2) is 20.8 Å². The van der Waals surface area contributed by atoms with Crippen molar-refractivity contribution in [2.45, 2.75) is 13.5 Å². The van der Waals surface area contributed by atoms with Crippen molar-refractivity contribution in [3.05, 3.63) is 72.2 Å². The van der Waals surface area contributed by atoms with Crippen molar-refractivity contribution < 1.29 is 4.79 Å². The minimum absolute atomic E-state index is 0.262. The first-order valence-corrected chi connectivity index (χ1v) is 7.28. The Morgan fingerprint density at radius 3 is 2.74 bits per heavy atom. The van der Waals surface area contributed by atoms with Gasteiger partial charge in [-0.25, -0.2) is 14.5 Å². The largest absolute Gasteiger partial charge is 0.334 e. The zero-order valence-electron chi connectivity index (χ0n) is 12.7. The molecule has 2 heterocycles. The standard InChI is InChI=1S/C17H17N5O/c1-13-5-2-3-6-14(13)11-19-17(23)21-15-7-8-16(18-12-15)22-10-4-9-20-22/h2-10,12H,11H2,1H3,(H2,19,21,23). The molecule has 0 saturated carbocycles. The highest BCUT2D eigenvalue weighted by atomic mass is 16.2. The lowest BCUT2D eigenvalue weighted by Gasteiger charge is -2.09. The van der Waals surface area contributed by atoms with Gasteiger partial charge in [0.2, 0.25) is 0 Å². The molecule has 0 aliphatic carbocycles. The maximum Gasteiger partial charge on any atom is 0.319 e. The molecule has 2 N–H and O–H groups in total. The summed E-state index contributed by atoms with van der Waals surface area (Å²) in [5.41, 5.74) is 2.87. The summed E-state index contributed by atoms with van der Waals surface area (Å²) < 4.78 is 1.65. The normalized spacial score (nSPS) is 10.3. The van der Waals surface area contributed by atoms with Crippen LogP contribution in [0.3, 0.4) is 0 Å². The number of hydrogen-bond donors (Lipinski definition) is 2. The van der Waals surface area contributed by atoms with E-state index in [1.807, 2.05) is 43.5 Å². The molecule has 2 aromatic heterocycles. The number of aromatic nitrogens is 3. The number of rotatable bonds is 4. The molecule has 3 rings (SSSR count). The van der Waals surface area contributed by atoms with Crippen molar-refractivity contribution in [3.8, 4) is 5.82 Å². The molecule has 0 saturated heterocycles. The first kappa shape index (κ1) is 14.8. The maximum atomic E-state index is 11.9. The Morgan fingerprint density at radius 2 is 2.04 bits per heavy atom. The van der Waals surface area contributed by atoms with Crippen molar-refractivity contribution in [1.29, 1.82) is 0 Å². The average molecular weight is 307 g/mol. The molecule has 0 unspecified atom stereocenters. The quantitative estimate of drug-likeness (QED) is 0.778. The zero-order valence-corrected chi connectivity index (χ0v) is 12.7. The highest BCUT2D eigenvalue weighted by molar-refractivity contribution is 5.89. The van der Waals surface area contributed by atoms with Gasteiger partial charge in [-0.2, -0.15) is 5.10 Å². The number of amides is 2. The van der Waals surface area contributed by atoms with Gasteiger partial charge in [-0.3, -0.25) is 0 Å². The van der Waals surface area contributed by atoms with Gasteiger partial charge in [0.25, 0.3) is 0 Å². The van der Waals surface area contributed by atoms with Crippen LogP contribution in [0.1, 0.15) is 11.1 Å². The van der Waals surface area contributed by atoms with Crippen LogP contribution in [0, 0.1) is 6.92 Å². The van der Waals surface area contributed by atoms with Crippen molar-refractivity contribution in [1.82, 2.24) is 20.1 Å². The molecule has 0 bridgehead atoms. The third-order valence-electron chi connectivity index (χ3n) is 3.45. The molecule has 0 atom stereocenters. The van der Waals surface area contributed by atoms with Crippen LogP contribution in [0.4, 0.5) is 10.5 Å². The average Bonchev–Trinajstić information content (AvgIpc) is 3.09. The lowest BCUT2D eigenvalue weighted by atomic mass is 10.1. The summed E-state index contributed by atoms with van der Waals surface area (Å²) in [6.07, 6.45) is 5.10. The second-order valence-electron chi connectivity index (χ2n) is 5.09. The smallest absolute Gasteiger partial charge is 0.319 e.